The van der Waals surface area contributed by atoms with Crippen molar-refractivity contribution in [2.45, 2.75) is 20.3 Å². The van der Waals surface area contributed by atoms with Crippen molar-refractivity contribution in [3.05, 3.63) is 59.7 Å². The molecule has 0 aromatic heterocycles. The summed E-state index contributed by atoms with van der Waals surface area (Å²) in [4.78, 5) is 12.3. The third-order valence-electron chi connectivity index (χ3n) is 3.35. The Kier molecular flexibility index (Phi) is 6.48. The average Bonchev–Trinajstić information content (AvgIpc) is 2.58. The molecule has 23 heavy (non-hydrogen) atoms. The molecule has 0 saturated carbocycles. The molecule has 0 spiro atoms. The molecule has 1 amide bonds. The lowest BCUT2D eigenvalue weighted by Gasteiger charge is -2.12. The topological polar surface area (TPSA) is 47.6 Å². The van der Waals surface area contributed by atoms with Crippen molar-refractivity contribution in [1.29, 1.82) is 0 Å². The normalized spacial score (nSPS) is 10.2. The Morgan fingerprint density at radius 1 is 0.957 bits per heavy atom. The number of hydrogen-bond acceptors (Lipinski definition) is 3. The van der Waals surface area contributed by atoms with Gasteiger partial charge in [0.05, 0.1) is 13.2 Å². The molecule has 0 atom stereocenters. The molecule has 2 rings (SSSR count). The van der Waals surface area contributed by atoms with E-state index in [-0.39, 0.29) is 5.91 Å². The molecule has 0 aliphatic carbocycles. The number of ether oxygens (including phenoxy) is 2. The van der Waals surface area contributed by atoms with Gasteiger partial charge in [0.2, 0.25) is 0 Å². The van der Waals surface area contributed by atoms with Crippen LogP contribution in [0.3, 0.4) is 0 Å². The Hall–Kier alpha value is -2.49. The number of nitrogens with one attached hydrogen (secondary N) is 1. The first-order chi connectivity index (χ1) is 11.2. The minimum atomic E-state index is -0.107. The van der Waals surface area contributed by atoms with E-state index in [9.17, 15) is 4.79 Å². The Morgan fingerprint density at radius 3 is 2.35 bits per heavy atom. The van der Waals surface area contributed by atoms with Gasteiger partial charge in [-0.15, -0.1) is 0 Å². The molecule has 122 valence electrons. The lowest BCUT2D eigenvalue weighted by atomic mass is 10.1. The second-order valence-electron chi connectivity index (χ2n) is 5.02. The summed E-state index contributed by atoms with van der Waals surface area (Å²) in [6, 6.07) is 15.3. The van der Waals surface area contributed by atoms with Crippen LogP contribution in [0.2, 0.25) is 0 Å². The summed E-state index contributed by atoms with van der Waals surface area (Å²) in [5.41, 5.74) is 1.78. The van der Waals surface area contributed by atoms with Gasteiger partial charge in [0.1, 0.15) is 0 Å². The highest BCUT2D eigenvalue weighted by atomic mass is 16.5. The van der Waals surface area contributed by atoms with Crippen LogP contribution in [0.4, 0.5) is 0 Å². The number of hydrogen-bond donors (Lipinski definition) is 1. The standard InChI is InChI=1S/C19H23NO3/c1-3-22-17-11-10-16(14-18(17)23-4-2)19(21)20-13-12-15-8-6-5-7-9-15/h5-11,14H,3-4,12-13H2,1-2H3,(H,20,21). The van der Waals surface area contributed by atoms with Gasteiger partial charge in [-0.05, 0) is 44.0 Å². The summed E-state index contributed by atoms with van der Waals surface area (Å²) < 4.78 is 11.1. The van der Waals surface area contributed by atoms with Crippen LogP contribution in [0.1, 0.15) is 29.8 Å². The lowest BCUT2D eigenvalue weighted by Crippen LogP contribution is -2.25. The smallest absolute Gasteiger partial charge is 0.251 e. The van der Waals surface area contributed by atoms with Gasteiger partial charge in [-0.2, -0.15) is 0 Å². The molecule has 4 nitrogen and oxygen atoms in total. The highest BCUT2D eigenvalue weighted by molar-refractivity contribution is 5.94. The Morgan fingerprint density at radius 2 is 1.65 bits per heavy atom. The molecule has 1 N–H and O–H groups in total. The van der Waals surface area contributed by atoms with E-state index in [2.05, 4.69) is 17.4 Å². The molecule has 0 aliphatic rings. The second kappa shape index (κ2) is 8.83. The van der Waals surface area contributed by atoms with Crippen LogP contribution in [0.15, 0.2) is 48.5 Å². The van der Waals surface area contributed by atoms with Gasteiger partial charge in [0.25, 0.3) is 5.91 Å². The van der Waals surface area contributed by atoms with Crippen molar-refractivity contribution in [3.8, 4) is 11.5 Å². The SMILES string of the molecule is CCOc1ccc(C(=O)NCCc2ccccc2)cc1OCC. The molecule has 0 saturated heterocycles. The second-order valence-corrected chi connectivity index (χ2v) is 5.02. The summed E-state index contributed by atoms with van der Waals surface area (Å²) in [7, 11) is 0. The summed E-state index contributed by atoms with van der Waals surface area (Å²) in [6.07, 6.45) is 0.807. The quantitative estimate of drug-likeness (QED) is 0.812. The van der Waals surface area contributed by atoms with E-state index in [4.69, 9.17) is 9.47 Å². The summed E-state index contributed by atoms with van der Waals surface area (Å²) in [6.45, 7) is 5.50. The van der Waals surface area contributed by atoms with Gasteiger partial charge in [-0.3, -0.25) is 4.79 Å². The zero-order chi connectivity index (χ0) is 16.5. The zero-order valence-electron chi connectivity index (χ0n) is 13.7. The zero-order valence-corrected chi connectivity index (χ0v) is 13.7. The Balaban J connectivity index is 1.97. The predicted octanol–water partition coefficient (Wildman–Crippen LogP) is 3.46. The predicted molar refractivity (Wildman–Crippen MR) is 91.3 cm³/mol. The minimum absolute atomic E-state index is 0.107. The van der Waals surface area contributed by atoms with E-state index < -0.39 is 0 Å². The molecular formula is C19H23NO3. The molecular weight excluding hydrogens is 290 g/mol. The maximum Gasteiger partial charge on any atom is 0.251 e. The van der Waals surface area contributed by atoms with Crippen molar-refractivity contribution in [3.63, 3.8) is 0 Å². The maximum absolute atomic E-state index is 12.3. The molecule has 0 fully saturated rings. The van der Waals surface area contributed by atoms with Crippen molar-refractivity contribution >= 4 is 5.91 Å². The third kappa shape index (κ3) is 5.02. The maximum atomic E-state index is 12.3. The monoisotopic (exact) mass is 313 g/mol. The van der Waals surface area contributed by atoms with Gasteiger partial charge >= 0.3 is 0 Å². The van der Waals surface area contributed by atoms with E-state index in [1.54, 1.807) is 18.2 Å². The summed E-state index contributed by atoms with van der Waals surface area (Å²) in [5, 5.41) is 2.93. The van der Waals surface area contributed by atoms with E-state index in [1.807, 2.05) is 32.0 Å². The fraction of sp³-hybridized carbons (Fsp3) is 0.316. The van der Waals surface area contributed by atoms with Crippen LogP contribution < -0.4 is 14.8 Å². The van der Waals surface area contributed by atoms with Crippen LogP contribution in [0, 0.1) is 0 Å². The van der Waals surface area contributed by atoms with E-state index >= 15 is 0 Å². The van der Waals surface area contributed by atoms with Gasteiger partial charge in [-0.25, -0.2) is 0 Å². The molecule has 0 aliphatic heterocycles. The highest BCUT2D eigenvalue weighted by Crippen LogP contribution is 2.28. The Labute approximate surface area is 137 Å². The van der Waals surface area contributed by atoms with Crippen molar-refractivity contribution in [2.75, 3.05) is 19.8 Å². The van der Waals surface area contributed by atoms with Gasteiger partial charge < -0.3 is 14.8 Å². The fourth-order valence-electron chi connectivity index (χ4n) is 2.26. The largest absolute Gasteiger partial charge is 0.490 e. The molecule has 0 unspecified atom stereocenters. The number of carbonyl (C=O) groups is 1. The van der Waals surface area contributed by atoms with Gasteiger partial charge in [0.15, 0.2) is 11.5 Å². The molecule has 0 bridgehead atoms. The molecule has 4 heteroatoms. The van der Waals surface area contributed by atoms with E-state index in [0.717, 1.165) is 6.42 Å². The molecule has 0 heterocycles. The number of carbonyl (C=O) groups excluding carboxylic acids is 1. The first-order valence-corrected chi connectivity index (χ1v) is 7.96. The Bertz CT molecular complexity index is 626. The van der Waals surface area contributed by atoms with Crippen molar-refractivity contribution in [1.82, 2.24) is 5.32 Å². The number of amides is 1. The number of benzene rings is 2. The third-order valence-corrected chi connectivity index (χ3v) is 3.35. The van der Waals surface area contributed by atoms with Crippen LogP contribution in [-0.4, -0.2) is 25.7 Å². The summed E-state index contributed by atoms with van der Waals surface area (Å²) >= 11 is 0. The van der Waals surface area contributed by atoms with Crippen LogP contribution >= 0.6 is 0 Å². The van der Waals surface area contributed by atoms with Crippen LogP contribution in [-0.2, 0) is 6.42 Å². The fourth-order valence-corrected chi connectivity index (χ4v) is 2.26. The van der Waals surface area contributed by atoms with Crippen LogP contribution in [0.5, 0.6) is 11.5 Å². The molecule has 0 radical (unpaired) electrons. The first-order valence-electron chi connectivity index (χ1n) is 7.96. The summed E-state index contributed by atoms with van der Waals surface area (Å²) in [5.74, 6) is 1.16. The van der Waals surface area contributed by atoms with Gasteiger partial charge in [-0.1, -0.05) is 30.3 Å². The molecule has 2 aromatic rings. The highest BCUT2D eigenvalue weighted by Gasteiger charge is 2.11. The minimum Gasteiger partial charge on any atom is -0.490 e. The van der Waals surface area contributed by atoms with Crippen molar-refractivity contribution < 1.29 is 14.3 Å². The van der Waals surface area contributed by atoms with Crippen molar-refractivity contribution in [2.24, 2.45) is 0 Å². The molecule has 2 aromatic carbocycles. The number of rotatable bonds is 8. The lowest BCUT2D eigenvalue weighted by molar-refractivity contribution is 0.0953. The van der Waals surface area contributed by atoms with E-state index in [0.29, 0.717) is 36.8 Å². The average molecular weight is 313 g/mol. The first kappa shape index (κ1) is 16.9. The van der Waals surface area contributed by atoms with E-state index in [1.165, 1.54) is 5.56 Å². The van der Waals surface area contributed by atoms with Gasteiger partial charge in [0, 0.05) is 12.1 Å². The van der Waals surface area contributed by atoms with Crippen LogP contribution in [0.25, 0.3) is 0 Å².